The summed E-state index contributed by atoms with van der Waals surface area (Å²) >= 11 is 0. The molecule has 0 atom stereocenters. The van der Waals surface area contributed by atoms with Gasteiger partial charge in [0.05, 0.1) is 6.54 Å². The molecule has 0 radical (unpaired) electrons. The van der Waals surface area contributed by atoms with Gasteiger partial charge in [-0.25, -0.2) is 0 Å². The van der Waals surface area contributed by atoms with Crippen LogP contribution in [0.3, 0.4) is 0 Å². The minimum atomic E-state index is -0.968. The van der Waals surface area contributed by atoms with Crippen molar-refractivity contribution in [2.45, 2.75) is 0 Å². The summed E-state index contributed by atoms with van der Waals surface area (Å²) in [6.07, 6.45) is 0. The summed E-state index contributed by atoms with van der Waals surface area (Å²) in [4.78, 5) is 9.24. The van der Waals surface area contributed by atoms with Crippen molar-refractivity contribution < 1.29 is 27.3 Å². The van der Waals surface area contributed by atoms with Crippen molar-refractivity contribution in [2.75, 3.05) is 6.54 Å². The first-order valence-electron chi connectivity index (χ1n) is 1.19. The van der Waals surface area contributed by atoms with E-state index in [0.29, 0.717) is 0 Å². The van der Waals surface area contributed by atoms with Crippen molar-refractivity contribution in [3.8, 4) is 0 Å². The molecule has 0 aromatic rings. The molecule has 0 aliphatic rings. The molecule has 0 aliphatic heterocycles. The summed E-state index contributed by atoms with van der Waals surface area (Å²) in [5, 5.41) is 7.60. The Morgan fingerprint density at radius 3 is 2.00 bits per heavy atom. The average Bonchev–Trinajstić information content (AvgIpc) is 1.38. The zero-order valence-corrected chi connectivity index (χ0v) is 4.32. The Hall–Kier alpha value is -0.0375. The van der Waals surface area contributed by atoms with Crippen molar-refractivity contribution in [3.05, 3.63) is 0 Å². The molecule has 4 heteroatoms. The molecule has 0 aromatic heterocycles. The van der Waals surface area contributed by atoms with Crippen LogP contribution >= 0.6 is 0 Å². The molecule has 0 spiro atoms. The molecule has 0 heterocycles. The Morgan fingerprint density at radius 1 is 1.83 bits per heavy atom. The summed E-state index contributed by atoms with van der Waals surface area (Å²) in [6, 6.07) is 0. The molecule has 0 rings (SSSR count). The van der Waals surface area contributed by atoms with Crippen molar-refractivity contribution in [3.63, 3.8) is 0 Å². The molecular formula is C2H5CrNO2+2. The zero-order valence-electron chi connectivity index (χ0n) is 3.05. The van der Waals surface area contributed by atoms with E-state index in [9.17, 15) is 4.79 Å². The molecular weight excluding hydrogens is 122 g/mol. The molecule has 0 fully saturated rings. The van der Waals surface area contributed by atoms with E-state index in [0.717, 1.165) is 0 Å². The van der Waals surface area contributed by atoms with Gasteiger partial charge in [0, 0.05) is 0 Å². The van der Waals surface area contributed by atoms with Gasteiger partial charge in [0.1, 0.15) is 0 Å². The SMILES string of the molecule is NCC(=O)O.[Cr+2]. The number of carbonyl (C=O) groups is 1. The van der Waals surface area contributed by atoms with Gasteiger partial charge in [-0.15, -0.1) is 0 Å². The van der Waals surface area contributed by atoms with Gasteiger partial charge in [0.2, 0.25) is 0 Å². The smallest absolute Gasteiger partial charge is 0.480 e. The van der Waals surface area contributed by atoms with E-state index in [-0.39, 0.29) is 23.9 Å². The number of aliphatic carboxylic acids is 1. The van der Waals surface area contributed by atoms with Crippen LogP contribution in [0.5, 0.6) is 0 Å². The van der Waals surface area contributed by atoms with Gasteiger partial charge >= 0.3 is 23.3 Å². The number of carboxylic acids is 1. The van der Waals surface area contributed by atoms with E-state index >= 15 is 0 Å². The van der Waals surface area contributed by atoms with Crippen LogP contribution in [0.2, 0.25) is 0 Å². The molecule has 34 valence electrons. The predicted octanol–water partition coefficient (Wildman–Crippen LogP) is -0.973. The molecule has 0 bridgehead atoms. The normalized spacial score (nSPS) is 6.17. The Bertz CT molecular complexity index is 46.8. The number of rotatable bonds is 1. The van der Waals surface area contributed by atoms with E-state index in [1.165, 1.54) is 0 Å². The quantitative estimate of drug-likeness (QED) is 0.476. The molecule has 3 N–H and O–H groups in total. The Morgan fingerprint density at radius 2 is 2.00 bits per heavy atom. The van der Waals surface area contributed by atoms with Crippen molar-refractivity contribution >= 4 is 5.97 Å². The van der Waals surface area contributed by atoms with Crippen LogP contribution in [-0.2, 0) is 22.2 Å². The van der Waals surface area contributed by atoms with Gasteiger partial charge < -0.3 is 10.8 Å². The minimum absolute atomic E-state index is 0. The first kappa shape index (κ1) is 9.35. The van der Waals surface area contributed by atoms with Crippen LogP contribution in [-0.4, -0.2) is 17.6 Å². The summed E-state index contributed by atoms with van der Waals surface area (Å²) in [5.41, 5.74) is 4.57. The summed E-state index contributed by atoms with van der Waals surface area (Å²) in [5.74, 6) is -0.968. The molecule has 6 heavy (non-hydrogen) atoms. The Kier molecular flexibility index (Phi) is 7.73. The first-order chi connectivity index (χ1) is 2.27. The second kappa shape index (κ2) is 4.96. The summed E-state index contributed by atoms with van der Waals surface area (Å²) in [7, 11) is 0. The van der Waals surface area contributed by atoms with Gasteiger partial charge in [0.25, 0.3) is 0 Å². The molecule has 0 saturated carbocycles. The van der Waals surface area contributed by atoms with Crippen molar-refractivity contribution in [1.82, 2.24) is 0 Å². The molecule has 0 unspecified atom stereocenters. The van der Waals surface area contributed by atoms with E-state index in [1.54, 1.807) is 0 Å². The van der Waals surface area contributed by atoms with Crippen LogP contribution in [0, 0.1) is 0 Å². The van der Waals surface area contributed by atoms with Crippen LogP contribution in [0.15, 0.2) is 0 Å². The fourth-order valence-electron chi connectivity index (χ4n) is 0. The van der Waals surface area contributed by atoms with Gasteiger partial charge in [-0.1, -0.05) is 0 Å². The molecule has 0 aliphatic carbocycles. The number of hydrogen-bond acceptors (Lipinski definition) is 2. The van der Waals surface area contributed by atoms with E-state index in [4.69, 9.17) is 5.11 Å². The standard InChI is InChI=1S/C2H5NO2.Cr/c3-1-2(4)5;/h1,3H2,(H,4,5);/q;+2. The second-order valence-corrected chi connectivity index (χ2v) is 0.598. The number of nitrogens with two attached hydrogens (primary N) is 1. The number of carboxylic acid groups (broad SMARTS) is 1. The summed E-state index contributed by atoms with van der Waals surface area (Å²) in [6.45, 7) is -0.278. The van der Waals surface area contributed by atoms with Crippen molar-refractivity contribution in [1.29, 1.82) is 0 Å². The predicted molar refractivity (Wildman–Crippen MR) is 16.7 cm³/mol. The fourth-order valence-corrected chi connectivity index (χ4v) is 0. The van der Waals surface area contributed by atoms with Gasteiger partial charge in [0.15, 0.2) is 0 Å². The van der Waals surface area contributed by atoms with Crippen LogP contribution in [0.4, 0.5) is 0 Å². The van der Waals surface area contributed by atoms with Crippen LogP contribution in [0.25, 0.3) is 0 Å². The minimum Gasteiger partial charge on any atom is -0.480 e. The zero-order chi connectivity index (χ0) is 4.28. The Balaban J connectivity index is 0. The van der Waals surface area contributed by atoms with Crippen LogP contribution in [0.1, 0.15) is 0 Å². The maximum absolute atomic E-state index is 9.24. The average molecular weight is 127 g/mol. The van der Waals surface area contributed by atoms with E-state index < -0.39 is 5.97 Å². The fraction of sp³-hybridized carbons (Fsp3) is 0.500. The molecule has 0 amide bonds. The topological polar surface area (TPSA) is 63.3 Å². The van der Waals surface area contributed by atoms with E-state index in [1.807, 2.05) is 0 Å². The van der Waals surface area contributed by atoms with Crippen molar-refractivity contribution in [2.24, 2.45) is 5.73 Å². The molecule has 0 aromatic carbocycles. The second-order valence-electron chi connectivity index (χ2n) is 0.598. The Labute approximate surface area is 46.3 Å². The van der Waals surface area contributed by atoms with Gasteiger partial charge in [-0.05, 0) is 0 Å². The third-order valence-electron chi connectivity index (χ3n) is 0.175. The molecule has 3 nitrogen and oxygen atoms in total. The van der Waals surface area contributed by atoms with Crippen LogP contribution < -0.4 is 5.73 Å². The first-order valence-corrected chi connectivity index (χ1v) is 1.19. The van der Waals surface area contributed by atoms with E-state index in [2.05, 4.69) is 5.73 Å². The number of hydrogen-bond donors (Lipinski definition) is 2. The maximum atomic E-state index is 9.24. The monoisotopic (exact) mass is 127 g/mol. The third-order valence-corrected chi connectivity index (χ3v) is 0.175. The van der Waals surface area contributed by atoms with Gasteiger partial charge in [-0.3, -0.25) is 4.79 Å². The molecule has 0 saturated heterocycles. The third kappa shape index (κ3) is 9.03. The van der Waals surface area contributed by atoms with Gasteiger partial charge in [-0.2, -0.15) is 0 Å². The maximum Gasteiger partial charge on any atom is 2.00 e. The largest absolute Gasteiger partial charge is 2.00 e. The summed E-state index contributed by atoms with van der Waals surface area (Å²) < 4.78 is 0.